The number of hydroxylamine groups is 1. The van der Waals surface area contributed by atoms with Crippen molar-refractivity contribution in [2.24, 2.45) is 5.92 Å². The Balaban J connectivity index is 2.31. The number of thiazole rings is 1. The van der Waals surface area contributed by atoms with Gasteiger partial charge in [0, 0.05) is 6.42 Å². The molecule has 6 nitrogen and oxygen atoms in total. The lowest BCUT2D eigenvalue weighted by atomic mass is 10.1. The molecule has 0 bridgehead atoms. The van der Waals surface area contributed by atoms with Gasteiger partial charge in [-0.1, -0.05) is 32.1 Å². The minimum absolute atomic E-state index is 0.212. The van der Waals surface area contributed by atoms with Crippen molar-refractivity contribution in [1.82, 2.24) is 10.5 Å². The zero-order valence-corrected chi connectivity index (χ0v) is 16.7. The van der Waals surface area contributed by atoms with Gasteiger partial charge in [-0.05, 0) is 30.5 Å². The molecule has 0 spiro atoms. The van der Waals surface area contributed by atoms with E-state index in [0.717, 1.165) is 27.7 Å². The van der Waals surface area contributed by atoms with E-state index in [1.807, 2.05) is 19.1 Å². The van der Waals surface area contributed by atoms with E-state index in [0.29, 0.717) is 18.0 Å². The second-order valence-corrected chi connectivity index (χ2v) is 7.56. The second kappa shape index (κ2) is 9.86. The molecule has 27 heavy (non-hydrogen) atoms. The third-order valence-electron chi connectivity index (χ3n) is 3.65. The van der Waals surface area contributed by atoms with Crippen LogP contribution in [0.25, 0.3) is 0 Å². The Bertz CT molecular complexity index is 839. The molecule has 1 aromatic heterocycles. The highest BCUT2D eigenvalue weighted by atomic mass is 32.1. The molecule has 142 valence electrons. The average molecular weight is 385 g/mol. The minimum Gasteiger partial charge on any atom is -0.278 e. The van der Waals surface area contributed by atoms with Crippen molar-refractivity contribution in [1.29, 1.82) is 5.26 Å². The fourth-order valence-electron chi connectivity index (χ4n) is 2.51. The molecule has 0 saturated heterocycles. The molecule has 0 aliphatic rings. The van der Waals surface area contributed by atoms with Gasteiger partial charge in [-0.15, -0.1) is 17.9 Å². The van der Waals surface area contributed by atoms with E-state index in [9.17, 15) is 4.79 Å². The van der Waals surface area contributed by atoms with Crippen molar-refractivity contribution in [2.75, 3.05) is 11.5 Å². The topological polar surface area (TPSA) is 78.2 Å². The van der Waals surface area contributed by atoms with Crippen LogP contribution in [0.3, 0.4) is 0 Å². The number of benzene rings is 1. The van der Waals surface area contributed by atoms with Crippen LogP contribution in [-0.2, 0) is 17.8 Å². The summed E-state index contributed by atoms with van der Waals surface area (Å²) in [6, 6.07) is 8.94. The molecule has 7 heteroatoms. The molecular weight excluding hydrogens is 360 g/mol. The first-order valence-corrected chi connectivity index (χ1v) is 9.51. The summed E-state index contributed by atoms with van der Waals surface area (Å²) in [6.45, 7) is 10.3. The zero-order valence-electron chi connectivity index (χ0n) is 15.9. The van der Waals surface area contributed by atoms with Crippen LogP contribution in [0.5, 0.6) is 0 Å². The SMILES string of the molecule is C=CCONC(=O)N(Cc1cccc(C#N)c1)c1sc(CC(C)C)nc1C. The lowest BCUT2D eigenvalue weighted by molar-refractivity contribution is 0.0843. The molecule has 2 amide bonds. The molecular formula is C20H24N4O2S. The van der Waals surface area contributed by atoms with Gasteiger partial charge in [0.2, 0.25) is 0 Å². The number of amides is 2. The van der Waals surface area contributed by atoms with E-state index in [-0.39, 0.29) is 12.6 Å². The third-order valence-corrected chi connectivity index (χ3v) is 4.85. The van der Waals surface area contributed by atoms with Crippen LogP contribution in [0, 0.1) is 24.2 Å². The van der Waals surface area contributed by atoms with Gasteiger partial charge in [-0.3, -0.25) is 9.74 Å². The van der Waals surface area contributed by atoms with Gasteiger partial charge >= 0.3 is 6.03 Å². The van der Waals surface area contributed by atoms with Gasteiger partial charge in [-0.2, -0.15) is 5.26 Å². The summed E-state index contributed by atoms with van der Waals surface area (Å²) in [5.41, 5.74) is 4.64. The van der Waals surface area contributed by atoms with Crippen LogP contribution in [-0.4, -0.2) is 17.6 Å². The number of nitrogens with zero attached hydrogens (tertiary/aromatic N) is 3. The molecule has 0 atom stereocenters. The summed E-state index contributed by atoms with van der Waals surface area (Å²) in [6.07, 6.45) is 2.41. The highest BCUT2D eigenvalue weighted by Crippen LogP contribution is 2.31. The van der Waals surface area contributed by atoms with E-state index >= 15 is 0 Å². The zero-order chi connectivity index (χ0) is 19.8. The van der Waals surface area contributed by atoms with E-state index in [2.05, 4.69) is 37.0 Å². The van der Waals surface area contributed by atoms with Crippen molar-refractivity contribution in [3.05, 3.63) is 58.7 Å². The van der Waals surface area contributed by atoms with Crippen molar-refractivity contribution in [2.45, 2.75) is 33.7 Å². The molecule has 0 aliphatic carbocycles. The van der Waals surface area contributed by atoms with Crippen molar-refractivity contribution >= 4 is 22.4 Å². The van der Waals surface area contributed by atoms with Gasteiger partial charge in [0.1, 0.15) is 5.00 Å². The lowest BCUT2D eigenvalue weighted by Gasteiger charge is -2.22. The Hall–Kier alpha value is -2.69. The van der Waals surface area contributed by atoms with E-state index in [1.165, 1.54) is 11.3 Å². The normalized spacial score (nSPS) is 10.5. The molecule has 1 aromatic carbocycles. The number of urea groups is 1. The highest BCUT2D eigenvalue weighted by molar-refractivity contribution is 7.16. The maximum absolute atomic E-state index is 12.7. The number of carbonyl (C=O) groups excluding carboxylic acids is 1. The molecule has 0 fully saturated rings. The number of hydrogen-bond donors (Lipinski definition) is 1. The lowest BCUT2D eigenvalue weighted by Crippen LogP contribution is -2.39. The fourth-order valence-corrected chi connectivity index (χ4v) is 3.78. The summed E-state index contributed by atoms with van der Waals surface area (Å²) in [5, 5.41) is 10.9. The number of aromatic nitrogens is 1. The quantitative estimate of drug-likeness (QED) is 0.417. The number of nitriles is 1. The Morgan fingerprint density at radius 3 is 2.96 bits per heavy atom. The molecule has 2 aromatic rings. The van der Waals surface area contributed by atoms with Crippen LogP contribution in [0.4, 0.5) is 9.80 Å². The first kappa shape index (κ1) is 20.6. The summed E-state index contributed by atoms with van der Waals surface area (Å²) in [7, 11) is 0. The van der Waals surface area contributed by atoms with E-state index in [1.54, 1.807) is 23.1 Å². The predicted molar refractivity (Wildman–Crippen MR) is 107 cm³/mol. The molecule has 0 aliphatic heterocycles. The Morgan fingerprint density at radius 2 is 2.30 bits per heavy atom. The van der Waals surface area contributed by atoms with Crippen LogP contribution in [0.2, 0.25) is 0 Å². The van der Waals surface area contributed by atoms with Crippen LogP contribution in [0.15, 0.2) is 36.9 Å². The molecule has 0 unspecified atom stereocenters. The second-order valence-electron chi connectivity index (χ2n) is 6.50. The minimum atomic E-state index is -0.387. The van der Waals surface area contributed by atoms with Crippen molar-refractivity contribution in [3.8, 4) is 6.07 Å². The molecule has 0 radical (unpaired) electrons. The fraction of sp³-hybridized carbons (Fsp3) is 0.350. The summed E-state index contributed by atoms with van der Waals surface area (Å²) in [5.74, 6) is 0.480. The Morgan fingerprint density at radius 1 is 1.52 bits per heavy atom. The molecule has 0 saturated carbocycles. The summed E-state index contributed by atoms with van der Waals surface area (Å²) >= 11 is 1.51. The summed E-state index contributed by atoms with van der Waals surface area (Å²) < 4.78 is 0. The average Bonchev–Trinajstić information content (AvgIpc) is 2.99. The van der Waals surface area contributed by atoms with Crippen LogP contribution in [0.1, 0.15) is 35.7 Å². The molecule has 1 N–H and O–H groups in total. The number of hydrogen-bond acceptors (Lipinski definition) is 5. The van der Waals surface area contributed by atoms with Gasteiger partial charge in [0.15, 0.2) is 0 Å². The van der Waals surface area contributed by atoms with Gasteiger partial charge < -0.3 is 0 Å². The number of carbonyl (C=O) groups is 1. The maximum Gasteiger partial charge on any atom is 0.346 e. The van der Waals surface area contributed by atoms with Gasteiger partial charge in [0.05, 0.1) is 35.5 Å². The highest BCUT2D eigenvalue weighted by Gasteiger charge is 2.22. The Kier molecular flexibility index (Phi) is 7.53. The predicted octanol–water partition coefficient (Wildman–Crippen LogP) is 4.36. The van der Waals surface area contributed by atoms with Gasteiger partial charge in [0.25, 0.3) is 0 Å². The first-order valence-electron chi connectivity index (χ1n) is 8.70. The van der Waals surface area contributed by atoms with E-state index < -0.39 is 0 Å². The van der Waals surface area contributed by atoms with E-state index in [4.69, 9.17) is 10.1 Å². The van der Waals surface area contributed by atoms with Crippen LogP contribution < -0.4 is 10.4 Å². The smallest absolute Gasteiger partial charge is 0.278 e. The maximum atomic E-state index is 12.7. The standard InChI is InChI=1S/C20H24N4O2S/c1-5-9-26-23-20(25)24(13-17-8-6-7-16(11-17)12-21)19-15(4)22-18(27-19)10-14(2)3/h5-8,11,14H,1,9-10,13H2,2-4H3,(H,23,25). The Labute approximate surface area is 164 Å². The van der Waals surface area contributed by atoms with Crippen LogP contribution >= 0.6 is 11.3 Å². The first-order chi connectivity index (χ1) is 12.9. The number of aryl methyl sites for hydroxylation is 1. The monoisotopic (exact) mass is 384 g/mol. The third kappa shape index (κ3) is 5.91. The number of anilines is 1. The largest absolute Gasteiger partial charge is 0.346 e. The number of nitrogens with one attached hydrogen (secondary N) is 1. The molecule has 2 rings (SSSR count). The number of rotatable bonds is 8. The molecule has 1 heterocycles. The van der Waals surface area contributed by atoms with Crippen molar-refractivity contribution < 1.29 is 9.63 Å². The summed E-state index contributed by atoms with van der Waals surface area (Å²) in [4.78, 5) is 24.1. The van der Waals surface area contributed by atoms with Gasteiger partial charge in [-0.25, -0.2) is 15.3 Å². The van der Waals surface area contributed by atoms with Crippen molar-refractivity contribution in [3.63, 3.8) is 0 Å².